The molecule has 0 bridgehead atoms. The number of hydrogen-bond donors (Lipinski definition) is 3. The Labute approximate surface area is 141 Å². The summed E-state index contributed by atoms with van der Waals surface area (Å²) in [7, 11) is 0. The van der Waals surface area contributed by atoms with E-state index in [0.717, 1.165) is 11.0 Å². The molecule has 0 radical (unpaired) electrons. The minimum Gasteiger partial charge on any atom is -0.459 e. The first kappa shape index (κ1) is 17.6. The van der Waals surface area contributed by atoms with E-state index in [1.807, 2.05) is 39.0 Å². The molecule has 0 fully saturated rings. The molecule has 1 atom stereocenters. The van der Waals surface area contributed by atoms with Crippen molar-refractivity contribution in [2.45, 2.75) is 33.2 Å². The lowest BCUT2D eigenvalue weighted by atomic mass is 9.90. The van der Waals surface area contributed by atoms with Gasteiger partial charge in [-0.25, -0.2) is 4.79 Å². The summed E-state index contributed by atoms with van der Waals surface area (Å²) >= 11 is 5.96. The van der Waals surface area contributed by atoms with Crippen molar-refractivity contribution in [3.8, 4) is 0 Å². The van der Waals surface area contributed by atoms with Crippen LogP contribution in [0.1, 0.15) is 39.0 Å². The fraction of sp³-hybridized carbons (Fsp3) is 0.471. The minimum atomic E-state index is -0.262. The molecule has 0 saturated carbocycles. The Morgan fingerprint density at radius 2 is 2.13 bits per heavy atom. The molecule has 6 heteroatoms. The van der Waals surface area contributed by atoms with Gasteiger partial charge in [-0.3, -0.25) is 0 Å². The molecule has 0 aliphatic rings. The first-order chi connectivity index (χ1) is 10.8. The second-order valence-electron chi connectivity index (χ2n) is 6.52. The maximum atomic E-state index is 12.0. The quantitative estimate of drug-likeness (QED) is 0.748. The van der Waals surface area contributed by atoms with E-state index in [1.54, 1.807) is 6.07 Å². The van der Waals surface area contributed by atoms with Gasteiger partial charge in [-0.1, -0.05) is 25.4 Å². The number of aliphatic hydroxyl groups is 1. The lowest BCUT2D eigenvalue weighted by molar-refractivity contribution is 0.200. The van der Waals surface area contributed by atoms with E-state index in [4.69, 9.17) is 21.1 Å². The molecule has 23 heavy (non-hydrogen) atoms. The third-order valence-electron chi connectivity index (χ3n) is 3.79. The van der Waals surface area contributed by atoms with Crippen molar-refractivity contribution in [3.63, 3.8) is 0 Å². The molecule has 1 aromatic carbocycles. The average molecular weight is 339 g/mol. The van der Waals surface area contributed by atoms with Gasteiger partial charge in [0.05, 0.1) is 6.04 Å². The zero-order valence-corrected chi connectivity index (χ0v) is 14.4. The SMILES string of the molecule is CC(NC(=O)NCC(C)(C)CCO)c1cc2cc(Cl)ccc2o1. The topological polar surface area (TPSA) is 74.5 Å². The van der Waals surface area contributed by atoms with Crippen molar-refractivity contribution in [2.24, 2.45) is 5.41 Å². The number of hydrogen-bond acceptors (Lipinski definition) is 3. The molecule has 0 aliphatic carbocycles. The van der Waals surface area contributed by atoms with Crippen LogP contribution in [0, 0.1) is 5.41 Å². The van der Waals surface area contributed by atoms with Crippen LogP contribution >= 0.6 is 11.6 Å². The molecule has 126 valence electrons. The first-order valence-corrected chi connectivity index (χ1v) is 8.03. The summed E-state index contributed by atoms with van der Waals surface area (Å²) < 4.78 is 5.74. The second kappa shape index (κ2) is 7.23. The Morgan fingerprint density at radius 3 is 2.83 bits per heavy atom. The number of benzene rings is 1. The number of furan rings is 1. The monoisotopic (exact) mass is 338 g/mol. The highest BCUT2D eigenvalue weighted by molar-refractivity contribution is 6.31. The Kier molecular flexibility index (Phi) is 5.55. The average Bonchev–Trinajstić information content (AvgIpc) is 2.88. The first-order valence-electron chi connectivity index (χ1n) is 7.65. The summed E-state index contributed by atoms with van der Waals surface area (Å²) in [4.78, 5) is 12.0. The number of halogens is 1. The number of carbonyl (C=O) groups excluding carboxylic acids is 1. The lowest BCUT2D eigenvalue weighted by Gasteiger charge is -2.24. The van der Waals surface area contributed by atoms with Gasteiger partial charge in [-0.05, 0) is 43.0 Å². The Balaban J connectivity index is 1.94. The molecule has 2 aromatic rings. The van der Waals surface area contributed by atoms with Crippen molar-refractivity contribution in [3.05, 3.63) is 35.0 Å². The maximum Gasteiger partial charge on any atom is 0.315 e. The van der Waals surface area contributed by atoms with E-state index < -0.39 is 0 Å². The third-order valence-corrected chi connectivity index (χ3v) is 4.02. The highest BCUT2D eigenvalue weighted by Crippen LogP contribution is 2.26. The van der Waals surface area contributed by atoms with Gasteiger partial charge < -0.3 is 20.2 Å². The molecular formula is C17H23ClN2O3. The summed E-state index contributed by atoms with van der Waals surface area (Å²) in [5, 5.41) is 16.2. The largest absolute Gasteiger partial charge is 0.459 e. The van der Waals surface area contributed by atoms with Crippen LogP contribution in [0.5, 0.6) is 0 Å². The van der Waals surface area contributed by atoms with Crippen LogP contribution < -0.4 is 10.6 Å². The zero-order chi connectivity index (χ0) is 17.0. The molecule has 0 saturated heterocycles. The number of aliphatic hydroxyl groups excluding tert-OH is 1. The molecule has 1 aromatic heterocycles. The Bertz CT molecular complexity index is 682. The fourth-order valence-electron chi connectivity index (χ4n) is 2.28. The van der Waals surface area contributed by atoms with E-state index >= 15 is 0 Å². The zero-order valence-electron chi connectivity index (χ0n) is 13.6. The third kappa shape index (κ3) is 4.88. The van der Waals surface area contributed by atoms with Crippen LogP contribution in [0.3, 0.4) is 0 Å². The van der Waals surface area contributed by atoms with Crippen LogP contribution in [0.2, 0.25) is 5.02 Å². The molecule has 3 N–H and O–H groups in total. The highest BCUT2D eigenvalue weighted by atomic mass is 35.5. The van der Waals surface area contributed by atoms with Gasteiger partial charge >= 0.3 is 6.03 Å². The Morgan fingerprint density at radius 1 is 1.39 bits per heavy atom. The predicted octanol–water partition coefficient (Wildman–Crippen LogP) is 3.86. The van der Waals surface area contributed by atoms with Gasteiger partial charge in [0.2, 0.25) is 0 Å². The van der Waals surface area contributed by atoms with Gasteiger partial charge in [-0.2, -0.15) is 0 Å². The van der Waals surface area contributed by atoms with E-state index in [2.05, 4.69) is 10.6 Å². The number of urea groups is 1. The van der Waals surface area contributed by atoms with Gasteiger partial charge in [0.25, 0.3) is 0 Å². The van der Waals surface area contributed by atoms with Crippen LogP contribution in [0.25, 0.3) is 11.0 Å². The summed E-state index contributed by atoms with van der Waals surface area (Å²) in [5.74, 6) is 0.673. The van der Waals surface area contributed by atoms with Crippen LogP contribution in [-0.2, 0) is 0 Å². The number of nitrogens with one attached hydrogen (secondary N) is 2. The number of fused-ring (bicyclic) bond motifs is 1. The van der Waals surface area contributed by atoms with E-state index in [-0.39, 0.29) is 24.1 Å². The van der Waals surface area contributed by atoms with Gasteiger partial charge in [0.1, 0.15) is 11.3 Å². The van der Waals surface area contributed by atoms with E-state index in [1.165, 1.54) is 0 Å². The smallest absolute Gasteiger partial charge is 0.315 e. The van der Waals surface area contributed by atoms with Crippen molar-refractivity contribution >= 4 is 28.6 Å². The van der Waals surface area contributed by atoms with Crippen molar-refractivity contribution in [1.29, 1.82) is 0 Å². The number of rotatable bonds is 6. The Hall–Kier alpha value is -1.72. The molecule has 0 spiro atoms. The molecule has 1 unspecified atom stereocenters. The van der Waals surface area contributed by atoms with Crippen LogP contribution in [0.4, 0.5) is 4.79 Å². The number of amides is 2. The van der Waals surface area contributed by atoms with Crippen molar-refractivity contribution in [2.75, 3.05) is 13.2 Å². The summed E-state index contributed by atoms with van der Waals surface area (Å²) in [5.41, 5.74) is 0.591. The lowest BCUT2D eigenvalue weighted by Crippen LogP contribution is -2.41. The van der Waals surface area contributed by atoms with E-state index in [0.29, 0.717) is 23.7 Å². The van der Waals surface area contributed by atoms with Gasteiger partial charge in [-0.15, -0.1) is 0 Å². The van der Waals surface area contributed by atoms with Crippen LogP contribution in [0.15, 0.2) is 28.7 Å². The van der Waals surface area contributed by atoms with Crippen molar-refractivity contribution < 1.29 is 14.3 Å². The predicted molar refractivity (Wildman–Crippen MR) is 91.7 cm³/mol. The molecule has 1 heterocycles. The molecule has 5 nitrogen and oxygen atoms in total. The summed E-state index contributed by atoms with van der Waals surface area (Å²) in [6.45, 7) is 6.44. The van der Waals surface area contributed by atoms with Gasteiger partial charge in [0, 0.05) is 23.6 Å². The molecule has 0 aliphatic heterocycles. The van der Waals surface area contributed by atoms with Crippen LogP contribution in [-0.4, -0.2) is 24.3 Å². The second-order valence-corrected chi connectivity index (χ2v) is 6.95. The molecule has 2 rings (SSSR count). The highest BCUT2D eigenvalue weighted by Gasteiger charge is 2.19. The summed E-state index contributed by atoms with van der Waals surface area (Å²) in [6, 6.07) is 6.76. The normalized spacial score (nSPS) is 13.1. The minimum absolute atomic E-state index is 0.105. The fourth-order valence-corrected chi connectivity index (χ4v) is 2.46. The standard InChI is InChI=1S/C17H23ClN2O3/c1-11(20-16(22)19-10-17(2,3)6-7-21)15-9-12-8-13(18)4-5-14(12)23-15/h4-5,8-9,11,21H,6-7,10H2,1-3H3,(H2,19,20,22). The number of carbonyl (C=O) groups is 1. The summed E-state index contributed by atoms with van der Waals surface area (Å²) in [6.07, 6.45) is 0.632. The molecule has 2 amide bonds. The van der Waals surface area contributed by atoms with E-state index in [9.17, 15) is 4.79 Å². The molecular weight excluding hydrogens is 316 g/mol. The van der Waals surface area contributed by atoms with Crippen molar-refractivity contribution in [1.82, 2.24) is 10.6 Å². The maximum absolute atomic E-state index is 12.0. The van der Waals surface area contributed by atoms with Gasteiger partial charge in [0.15, 0.2) is 0 Å².